The van der Waals surface area contributed by atoms with Crippen LogP contribution in [0.25, 0.3) is 0 Å². The van der Waals surface area contributed by atoms with Crippen molar-refractivity contribution in [3.05, 3.63) is 0 Å². The van der Waals surface area contributed by atoms with Gasteiger partial charge >= 0.3 is 5.97 Å². The average molecular weight is 368 g/mol. The van der Waals surface area contributed by atoms with Crippen LogP contribution in [0.2, 0.25) is 0 Å². The molecule has 12 unspecified atom stereocenters. The molecule has 0 radical (unpaired) electrons. The van der Waals surface area contributed by atoms with Gasteiger partial charge in [-0.25, -0.2) is 0 Å². The number of Topliss-reactive ketones (excluding diaryl/α,β-unsaturated/α-hetero) is 1. The Balaban J connectivity index is 1.96. The second-order valence-electron chi connectivity index (χ2n) is 9.42. The van der Waals surface area contributed by atoms with Crippen LogP contribution in [-0.4, -0.2) is 62.7 Å². The van der Waals surface area contributed by atoms with Gasteiger partial charge in [-0.1, -0.05) is 27.7 Å². The summed E-state index contributed by atoms with van der Waals surface area (Å²) in [6.45, 7) is 6.94. The molecule has 1 saturated heterocycles. The summed E-state index contributed by atoms with van der Waals surface area (Å²) < 4.78 is 5.40. The Morgan fingerprint density at radius 1 is 1.08 bits per heavy atom. The van der Waals surface area contributed by atoms with E-state index in [0.717, 1.165) is 0 Å². The molecule has 146 valence electrons. The molecule has 3 saturated carbocycles. The number of esters is 1. The first-order chi connectivity index (χ1) is 12.0. The van der Waals surface area contributed by atoms with Crippen molar-refractivity contribution in [3.8, 4) is 0 Å². The second-order valence-corrected chi connectivity index (χ2v) is 9.42. The Kier molecular flexibility index (Phi) is 3.73. The lowest BCUT2D eigenvalue weighted by molar-refractivity contribution is -0.263. The van der Waals surface area contributed by atoms with E-state index < -0.39 is 70.9 Å². The highest BCUT2D eigenvalue weighted by Gasteiger charge is 2.77. The van der Waals surface area contributed by atoms with Crippen LogP contribution in [0, 0.1) is 40.4 Å². The van der Waals surface area contributed by atoms with Crippen LogP contribution >= 0.6 is 0 Å². The van der Waals surface area contributed by atoms with Gasteiger partial charge in [0, 0.05) is 28.6 Å². The van der Waals surface area contributed by atoms with Crippen molar-refractivity contribution >= 4 is 11.8 Å². The highest BCUT2D eigenvalue weighted by molar-refractivity contribution is 5.96. The van der Waals surface area contributed by atoms with E-state index in [-0.39, 0.29) is 18.3 Å². The number of ether oxygens (including phenoxy) is 1. The zero-order valence-electron chi connectivity index (χ0n) is 15.5. The summed E-state index contributed by atoms with van der Waals surface area (Å²) in [7, 11) is 0. The molecule has 0 spiro atoms. The topological polar surface area (TPSA) is 124 Å². The predicted octanol–water partition coefficient (Wildman–Crippen LogP) is -0.511. The van der Waals surface area contributed by atoms with E-state index in [1.807, 2.05) is 6.92 Å². The first kappa shape index (κ1) is 18.3. The predicted molar refractivity (Wildman–Crippen MR) is 88.5 cm³/mol. The maximum Gasteiger partial charge on any atom is 0.310 e. The fraction of sp³-hybridized carbons (Fsp3) is 0.895. The van der Waals surface area contributed by atoms with Crippen molar-refractivity contribution in [2.45, 2.75) is 64.6 Å². The molecular formula is C19H28O7. The standard InChI is InChI=1S/C19H28O7/c1-6-5-8(20)15(23)18(3)9(6)11(21)16(24)19(4)10-7(2)13(26-17(10)25)12(22)14(18)19/h6-15,20-23H,5H2,1-4H3. The molecule has 4 fully saturated rings. The quantitative estimate of drug-likeness (QED) is 0.425. The number of hydrogen-bond donors (Lipinski definition) is 4. The maximum absolute atomic E-state index is 13.3. The largest absolute Gasteiger partial charge is 0.459 e. The highest BCUT2D eigenvalue weighted by Crippen LogP contribution is 2.67. The van der Waals surface area contributed by atoms with Crippen molar-refractivity contribution in [1.29, 1.82) is 0 Å². The summed E-state index contributed by atoms with van der Waals surface area (Å²) in [4.78, 5) is 25.8. The molecule has 0 aromatic heterocycles. The lowest BCUT2D eigenvalue weighted by atomic mass is 9.38. The van der Waals surface area contributed by atoms with E-state index in [9.17, 15) is 30.0 Å². The Hall–Kier alpha value is -1.02. The first-order valence-corrected chi connectivity index (χ1v) is 9.46. The van der Waals surface area contributed by atoms with Crippen LogP contribution in [0.15, 0.2) is 0 Å². The summed E-state index contributed by atoms with van der Waals surface area (Å²) in [5.41, 5.74) is -2.48. The summed E-state index contributed by atoms with van der Waals surface area (Å²) in [6.07, 6.45) is -5.21. The van der Waals surface area contributed by atoms with E-state index in [1.165, 1.54) is 0 Å². The average Bonchev–Trinajstić information content (AvgIpc) is 2.80. The number of carbonyl (C=O) groups is 2. The van der Waals surface area contributed by atoms with Gasteiger partial charge in [-0.15, -0.1) is 0 Å². The zero-order valence-corrected chi connectivity index (χ0v) is 15.5. The smallest absolute Gasteiger partial charge is 0.310 e. The summed E-state index contributed by atoms with van der Waals surface area (Å²) in [5.74, 6) is -3.75. The van der Waals surface area contributed by atoms with Crippen LogP contribution < -0.4 is 0 Å². The molecule has 0 aromatic carbocycles. The van der Waals surface area contributed by atoms with E-state index in [1.54, 1.807) is 20.8 Å². The second kappa shape index (κ2) is 5.28. The van der Waals surface area contributed by atoms with Crippen molar-refractivity contribution in [2.75, 3.05) is 0 Å². The molecule has 26 heavy (non-hydrogen) atoms. The minimum atomic E-state index is -1.36. The van der Waals surface area contributed by atoms with Gasteiger partial charge in [-0.05, 0) is 12.3 Å². The van der Waals surface area contributed by atoms with Crippen LogP contribution in [0.1, 0.15) is 34.1 Å². The Morgan fingerprint density at radius 2 is 1.69 bits per heavy atom. The lowest BCUT2D eigenvalue weighted by Crippen LogP contribution is -2.75. The third-order valence-corrected chi connectivity index (χ3v) is 8.28. The molecule has 4 N–H and O–H groups in total. The molecule has 3 aliphatic carbocycles. The number of rotatable bonds is 0. The van der Waals surface area contributed by atoms with E-state index in [2.05, 4.69) is 0 Å². The minimum Gasteiger partial charge on any atom is -0.459 e. The van der Waals surface area contributed by atoms with E-state index in [4.69, 9.17) is 4.74 Å². The molecule has 12 atom stereocenters. The number of aliphatic hydroxyl groups excluding tert-OH is 4. The normalized spacial score (nSPS) is 61.7. The number of fused-ring (bicyclic) bond motifs is 6. The summed E-state index contributed by atoms with van der Waals surface area (Å²) in [5, 5.41) is 43.4. The number of hydrogen-bond acceptors (Lipinski definition) is 7. The monoisotopic (exact) mass is 368 g/mol. The molecule has 1 aliphatic heterocycles. The van der Waals surface area contributed by atoms with E-state index in [0.29, 0.717) is 0 Å². The van der Waals surface area contributed by atoms with Gasteiger partial charge in [0.1, 0.15) is 12.2 Å². The Morgan fingerprint density at radius 3 is 2.31 bits per heavy atom. The van der Waals surface area contributed by atoms with Gasteiger partial charge in [0.2, 0.25) is 0 Å². The fourth-order valence-corrected chi connectivity index (χ4v) is 7.35. The van der Waals surface area contributed by atoms with Gasteiger partial charge in [0.05, 0.1) is 24.2 Å². The van der Waals surface area contributed by atoms with Crippen LogP contribution in [0.5, 0.6) is 0 Å². The zero-order chi connectivity index (χ0) is 19.3. The molecule has 7 heteroatoms. The van der Waals surface area contributed by atoms with Crippen molar-refractivity contribution in [2.24, 2.45) is 40.4 Å². The van der Waals surface area contributed by atoms with Gasteiger partial charge in [0.25, 0.3) is 0 Å². The molecule has 0 aromatic rings. The summed E-state index contributed by atoms with van der Waals surface area (Å²) in [6, 6.07) is 0. The molecular weight excluding hydrogens is 340 g/mol. The van der Waals surface area contributed by atoms with Gasteiger partial charge < -0.3 is 25.2 Å². The van der Waals surface area contributed by atoms with Crippen LogP contribution in [0.4, 0.5) is 0 Å². The van der Waals surface area contributed by atoms with Crippen molar-refractivity contribution < 1.29 is 34.8 Å². The molecule has 2 bridgehead atoms. The Labute approximate surface area is 152 Å². The minimum absolute atomic E-state index is 0.220. The van der Waals surface area contributed by atoms with Crippen molar-refractivity contribution in [1.82, 2.24) is 0 Å². The van der Waals surface area contributed by atoms with Gasteiger partial charge in [-0.2, -0.15) is 0 Å². The number of ketones is 1. The third kappa shape index (κ3) is 1.78. The number of carbonyl (C=O) groups excluding carboxylic acids is 2. The Bertz CT molecular complexity index is 664. The van der Waals surface area contributed by atoms with Crippen LogP contribution in [-0.2, 0) is 14.3 Å². The van der Waals surface area contributed by atoms with Gasteiger partial charge in [0.15, 0.2) is 5.78 Å². The SMILES string of the molecule is CC1CC(O)C(O)C2(C)C1C(O)C(=O)C1(C)C3C(=O)OC(C3C)C(O)C12. The number of aliphatic hydroxyl groups is 4. The van der Waals surface area contributed by atoms with Gasteiger partial charge in [-0.3, -0.25) is 9.59 Å². The van der Waals surface area contributed by atoms with E-state index >= 15 is 0 Å². The summed E-state index contributed by atoms with van der Waals surface area (Å²) >= 11 is 0. The van der Waals surface area contributed by atoms with Crippen LogP contribution in [0.3, 0.4) is 0 Å². The third-order valence-electron chi connectivity index (χ3n) is 8.28. The van der Waals surface area contributed by atoms with Crippen molar-refractivity contribution in [3.63, 3.8) is 0 Å². The molecule has 7 nitrogen and oxygen atoms in total. The first-order valence-electron chi connectivity index (χ1n) is 9.46. The highest BCUT2D eigenvalue weighted by atomic mass is 16.6. The maximum atomic E-state index is 13.3. The molecule has 4 aliphatic rings. The molecule has 1 heterocycles. The molecule has 0 amide bonds. The fourth-order valence-electron chi connectivity index (χ4n) is 7.35. The lowest BCUT2D eigenvalue weighted by Gasteiger charge is -2.65. The molecule has 4 rings (SSSR count).